The predicted octanol–water partition coefficient (Wildman–Crippen LogP) is 2.13. The number of halogens is 5. The minimum Gasteiger partial charge on any atom is -0.388 e. The van der Waals surface area contributed by atoms with Gasteiger partial charge in [0.2, 0.25) is 11.8 Å². The molecular weight excluding hydrogens is 223 g/mol. The fourth-order valence-electron chi connectivity index (χ4n) is 0.734. The van der Waals surface area contributed by atoms with Crippen LogP contribution in [0.1, 0.15) is 5.56 Å². The molecule has 0 bridgehead atoms. The number of rotatable bonds is 1. The summed E-state index contributed by atoms with van der Waals surface area (Å²) in [5.41, 5.74) is -1.07. The lowest BCUT2D eigenvalue weighted by Gasteiger charge is -2.07. The highest BCUT2D eigenvalue weighted by Gasteiger charge is 2.32. The van der Waals surface area contributed by atoms with E-state index in [0.717, 1.165) is 6.07 Å². The molecule has 0 spiro atoms. The van der Waals surface area contributed by atoms with Crippen LogP contribution in [0, 0.1) is 23.1 Å². The zero-order valence-corrected chi connectivity index (χ0v) is 6.77. The van der Waals surface area contributed by atoms with Gasteiger partial charge < -0.3 is 4.74 Å². The van der Waals surface area contributed by atoms with Crippen molar-refractivity contribution in [3.8, 4) is 11.9 Å². The second kappa shape index (κ2) is 3.68. The van der Waals surface area contributed by atoms with Crippen molar-refractivity contribution in [3.05, 3.63) is 23.4 Å². The molecular formula is C7HF5N2O. The van der Waals surface area contributed by atoms with E-state index >= 15 is 0 Å². The standard InChI is InChI=1S/C7HF5N2O/c8-4-1-5(15-7(10,11)12)14-6(9)3(4)2-13/h1H. The van der Waals surface area contributed by atoms with Gasteiger partial charge in [-0.25, -0.2) is 4.39 Å². The highest BCUT2D eigenvalue weighted by atomic mass is 19.4. The second-order valence-corrected chi connectivity index (χ2v) is 2.27. The number of nitrogens with zero attached hydrogens (tertiary/aromatic N) is 2. The summed E-state index contributed by atoms with van der Waals surface area (Å²) >= 11 is 0. The van der Waals surface area contributed by atoms with Crippen molar-refractivity contribution in [1.82, 2.24) is 4.98 Å². The Balaban J connectivity index is 3.11. The quantitative estimate of drug-likeness (QED) is 0.542. The average Bonchev–Trinajstić information content (AvgIpc) is 1.99. The monoisotopic (exact) mass is 224 g/mol. The van der Waals surface area contributed by atoms with Crippen LogP contribution in [0.25, 0.3) is 0 Å². The van der Waals surface area contributed by atoms with Gasteiger partial charge in [-0.15, -0.1) is 13.2 Å². The van der Waals surface area contributed by atoms with Crippen LogP contribution in [0.4, 0.5) is 22.0 Å². The largest absolute Gasteiger partial charge is 0.574 e. The first kappa shape index (κ1) is 11.2. The number of alkyl halides is 3. The Morgan fingerprint density at radius 3 is 2.33 bits per heavy atom. The number of nitriles is 1. The molecule has 0 fully saturated rings. The fraction of sp³-hybridized carbons (Fsp3) is 0.143. The summed E-state index contributed by atoms with van der Waals surface area (Å²) in [6, 6.07) is 1.28. The Bertz CT molecular complexity index is 399. The number of pyridine rings is 1. The van der Waals surface area contributed by atoms with Crippen LogP contribution in [-0.4, -0.2) is 11.3 Å². The van der Waals surface area contributed by atoms with Crippen molar-refractivity contribution < 1.29 is 26.7 Å². The van der Waals surface area contributed by atoms with Crippen LogP contribution >= 0.6 is 0 Å². The Morgan fingerprint density at radius 1 is 1.33 bits per heavy atom. The number of aromatic nitrogens is 1. The summed E-state index contributed by atoms with van der Waals surface area (Å²) in [5.74, 6) is -4.42. The molecule has 1 heterocycles. The van der Waals surface area contributed by atoms with Crippen LogP contribution in [0.5, 0.6) is 5.88 Å². The van der Waals surface area contributed by atoms with E-state index in [1.54, 1.807) is 0 Å². The van der Waals surface area contributed by atoms with E-state index in [2.05, 4.69) is 9.72 Å². The molecule has 0 radical (unpaired) electrons. The first-order chi connectivity index (χ1) is 6.83. The maximum absolute atomic E-state index is 12.7. The molecule has 0 atom stereocenters. The molecule has 0 aromatic carbocycles. The summed E-state index contributed by atoms with van der Waals surface area (Å²) in [6.07, 6.45) is -5.10. The zero-order chi connectivity index (χ0) is 11.6. The molecule has 0 aliphatic carbocycles. The van der Waals surface area contributed by atoms with E-state index < -0.39 is 29.6 Å². The van der Waals surface area contributed by atoms with Crippen molar-refractivity contribution in [2.75, 3.05) is 0 Å². The van der Waals surface area contributed by atoms with Gasteiger partial charge >= 0.3 is 6.36 Å². The Morgan fingerprint density at radius 2 is 1.93 bits per heavy atom. The van der Waals surface area contributed by atoms with Gasteiger partial charge in [-0.05, 0) is 0 Å². The number of hydrogen-bond acceptors (Lipinski definition) is 3. The SMILES string of the molecule is N#Cc1c(F)cc(OC(F)(F)F)nc1F. The molecule has 1 aromatic heterocycles. The third kappa shape index (κ3) is 2.77. The molecule has 0 unspecified atom stereocenters. The van der Waals surface area contributed by atoms with Gasteiger partial charge in [0.1, 0.15) is 11.6 Å². The smallest absolute Gasteiger partial charge is 0.388 e. The Labute approximate surface area is 79.7 Å². The molecule has 3 nitrogen and oxygen atoms in total. The average molecular weight is 224 g/mol. The second-order valence-electron chi connectivity index (χ2n) is 2.27. The molecule has 0 aliphatic rings. The summed E-state index contributed by atoms with van der Waals surface area (Å²) in [4.78, 5) is 2.62. The lowest BCUT2D eigenvalue weighted by Crippen LogP contribution is -2.18. The normalized spacial score (nSPS) is 10.9. The van der Waals surface area contributed by atoms with Gasteiger partial charge in [-0.3, -0.25) is 0 Å². The molecule has 0 amide bonds. The highest BCUT2D eigenvalue weighted by Crippen LogP contribution is 2.23. The number of ether oxygens (including phenoxy) is 1. The van der Waals surface area contributed by atoms with Crippen LogP contribution < -0.4 is 4.74 Å². The van der Waals surface area contributed by atoms with Crippen molar-refractivity contribution in [3.63, 3.8) is 0 Å². The molecule has 15 heavy (non-hydrogen) atoms. The lowest BCUT2D eigenvalue weighted by atomic mass is 10.3. The lowest BCUT2D eigenvalue weighted by molar-refractivity contribution is -0.276. The molecule has 0 saturated carbocycles. The third-order valence-corrected chi connectivity index (χ3v) is 1.24. The third-order valence-electron chi connectivity index (χ3n) is 1.24. The van der Waals surface area contributed by atoms with Gasteiger partial charge in [0.25, 0.3) is 0 Å². The van der Waals surface area contributed by atoms with Gasteiger partial charge in [0, 0.05) is 6.07 Å². The van der Waals surface area contributed by atoms with Crippen molar-refractivity contribution in [1.29, 1.82) is 5.26 Å². The fourth-order valence-corrected chi connectivity index (χ4v) is 0.734. The Hall–Kier alpha value is -1.91. The van der Waals surface area contributed by atoms with Crippen molar-refractivity contribution >= 4 is 0 Å². The summed E-state index contributed by atoms with van der Waals surface area (Å²) in [7, 11) is 0. The van der Waals surface area contributed by atoms with E-state index in [4.69, 9.17) is 5.26 Å². The first-order valence-electron chi connectivity index (χ1n) is 3.35. The molecule has 0 saturated heterocycles. The number of hydrogen-bond donors (Lipinski definition) is 0. The molecule has 1 aromatic rings. The summed E-state index contributed by atoms with van der Waals surface area (Å²) < 4.78 is 63.4. The molecule has 8 heteroatoms. The Kier molecular flexibility index (Phi) is 2.74. The van der Waals surface area contributed by atoms with E-state index in [1.807, 2.05) is 0 Å². The predicted molar refractivity (Wildman–Crippen MR) is 35.6 cm³/mol. The molecule has 0 N–H and O–H groups in total. The van der Waals surface area contributed by atoms with Crippen LogP contribution in [0.3, 0.4) is 0 Å². The summed E-state index contributed by atoms with van der Waals surface area (Å²) in [5, 5.41) is 8.19. The van der Waals surface area contributed by atoms with Gasteiger partial charge in [0.05, 0.1) is 0 Å². The van der Waals surface area contributed by atoms with Gasteiger partial charge in [-0.1, -0.05) is 0 Å². The van der Waals surface area contributed by atoms with E-state index in [0.29, 0.717) is 0 Å². The zero-order valence-electron chi connectivity index (χ0n) is 6.77. The first-order valence-corrected chi connectivity index (χ1v) is 3.35. The molecule has 1 rings (SSSR count). The topological polar surface area (TPSA) is 45.9 Å². The highest BCUT2D eigenvalue weighted by molar-refractivity contribution is 5.31. The van der Waals surface area contributed by atoms with Gasteiger partial charge in [-0.2, -0.15) is 14.6 Å². The molecule has 0 aliphatic heterocycles. The van der Waals surface area contributed by atoms with E-state index in [1.165, 1.54) is 0 Å². The minimum atomic E-state index is -5.10. The minimum absolute atomic E-state index is 0.176. The van der Waals surface area contributed by atoms with Crippen LogP contribution in [0.15, 0.2) is 6.07 Å². The van der Waals surface area contributed by atoms with Crippen LogP contribution in [-0.2, 0) is 0 Å². The van der Waals surface area contributed by atoms with Crippen LogP contribution in [0.2, 0.25) is 0 Å². The van der Waals surface area contributed by atoms with Crippen molar-refractivity contribution in [2.45, 2.75) is 6.36 Å². The van der Waals surface area contributed by atoms with E-state index in [9.17, 15) is 22.0 Å². The van der Waals surface area contributed by atoms with Crippen molar-refractivity contribution in [2.24, 2.45) is 0 Å². The maximum Gasteiger partial charge on any atom is 0.574 e. The van der Waals surface area contributed by atoms with Gasteiger partial charge in [0.15, 0.2) is 5.82 Å². The van der Waals surface area contributed by atoms with E-state index in [-0.39, 0.29) is 6.07 Å². The summed E-state index contributed by atoms with van der Waals surface area (Å²) in [6.45, 7) is 0. The molecule has 80 valence electrons. The maximum atomic E-state index is 12.7.